The molecule has 6 heteroatoms. The molecule has 0 unspecified atom stereocenters. The number of hydrogen-bond donors (Lipinski definition) is 0. The van der Waals surface area contributed by atoms with E-state index in [0.717, 1.165) is 44.3 Å². The lowest BCUT2D eigenvalue weighted by molar-refractivity contribution is -0.139. The first-order chi connectivity index (χ1) is 12.9. The van der Waals surface area contributed by atoms with Crippen molar-refractivity contribution >= 4 is 11.8 Å². The number of hydrogen-bond acceptors (Lipinski definition) is 3. The van der Waals surface area contributed by atoms with Crippen LogP contribution in [0.2, 0.25) is 0 Å². The summed E-state index contributed by atoms with van der Waals surface area (Å²) >= 11 is 0. The summed E-state index contributed by atoms with van der Waals surface area (Å²) in [5.41, 5.74) is 1.04. The van der Waals surface area contributed by atoms with E-state index in [1.54, 1.807) is 24.1 Å². The molecular formula is C21H29FN2O3. The third-order valence-corrected chi connectivity index (χ3v) is 5.99. The molecule has 2 heterocycles. The number of piperidine rings is 2. The summed E-state index contributed by atoms with van der Waals surface area (Å²) in [5, 5.41) is 0. The summed E-state index contributed by atoms with van der Waals surface area (Å²) in [5.74, 6) is -0.462. The first-order valence-electron chi connectivity index (χ1n) is 9.76. The van der Waals surface area contributed by atoms with Crippen molar-refractivity contribution in [2.75, 3.05) is 39.9 Å². The Hall–Kier alpha value is -1.95. The van der Waals surface area contributed by atoms with Gasteiger partial charge in [0.05, 0.1) is 5.56 Å². The maximum Gasteiger partial charge on any atom is 0.256 e. The van der Waals surface area contributed by atoms with Gasteiger partial charge in [-0.3, -0.25) is 9.59 Å². The largest absolute Gasteiger partial charge is 0.385 e. The molecule has 1 aromatic carbocycles. The molecule has 2 aliphatic rings. The minimum absolute atomic E-state index is 0.0869. The zero-order valence-electron chi connectivity index (χ0n) is 16.3. The van der Waals surface area contributed by atoms with Crippen LogP contribution in [-0.4, -0.2) is 61.5 Å². The van der Waals surface area contributed by atoms with Crippen LogP contribution in [0.15, 0.2) is 18.2 Å². The van der Waals surface area contributed by atoms with Crippen molar-refractivity contribution in [1.29, 1.82) is 0 Å². The fourth-order valence-corrected chi connectivity index (χ4v) is 4.26. The Morgan fingerprint density at radius 1 is 1.26 bits per heavy atom. The molecule has 5 nitrogen and oxygen atoms in total. The fraction of sp³-hybridized carbons (Fsp3) is 0.619. The van der Waals surface area contributed by atoms with Gasteiger partial charge in [-0.2, -0.15) is 0 Å². The first kappa shape index (κ1) is 19.8. The normalized spacial score (nSPS) is 19.6. The van der Waals surface area contributed by atoms with Crippen LogP contribution in [0.3, 0.4) is 0 Å². The highest BCUT2D eigenvalue weighted by molar-refractivity contribution is 5.94. The van der Waals surface area contributed by atoms with Crippen molar-refractivity contribution in [1.82, 2.24) is 9.80 Å². The number of nitrogens with zero attached hydrogens (tertiary/aromatic N) is 2. The summed E-state index contributed by atoms with van der Waals surface area (Å²) < 4.78 is 19.2. The second-order valence-corrected chi connectivity index (χ2v) is 7.94. The van der Waals surface area contributed by atoms with Crippen molar-refractivity contribution < 1.29 is 18.7 Å². The quantitative estimate of drug-likeness (QED) is 0.743. The molecule has 2 aliphatic heterocycles. The predicted molar refractivity (Wildman–Crippen MR) is 101 cm³/mol. The molecule has 2 saturated heterocycles. The molecule has 0 aromatic heterocycles. The van der Waals surface area contributed by atoms with E-state index >= 15 is 0 Å². The number of methoxy groups -OCH3 is 1. The molecule has 0 bridgehead atoms. The maximum absolute atomic E-state index is 14.1. The van der Waals surface area contributed by atoms with Gasteiger partial charge in [0.15, 0.2) is 0 Å². The van der Waals surface area contributed by atoms with Gasteiger partial charge in [0.1, 0.15) is 5.82 Å². The molecule has 1 spiro atoms. The Balaban J connectivity index is 1.60. The van der Waals surface area contributed by atoms with E-state index in [4.69, 9.17) is 4.74 Å². The summed E-state index contributed by atoms with van der Waals surface area (Å²) in [4.78, 5) is 28.6. The molecule has 0 N–H and O–H groups in total. The zero-order chi connectivity index (χ0) is 19.4. The molecule has 0 aliphatic carbocycles. The van der Waals surface area contributed by atoms with Crippen LogP contribution < -0.4 is 0 Å². The number of ether oxygens (including phenoxy) is 1. The monoisotopic (exact) mass is 376 g/mol. The molecule has 148 valence electrons. The summed E-state index contributed by atoms with van der Waals surface area (Å²) in [6.45, 7) is 5.19. The van der Waals surface area contributed by atoms with E-state index in [2.05, 4.69) is 0 Å². The average molecular weight is 376 g/mol. The van der Waals surface area contributed by atoms with Crippen molar-refractivity contribution in [2.45, 2.75) is 39.0 Å². The van der Waals surface area contributed by atoms with E-state index in [9.17, 15) is 14.0 Å². The first-order valence-corrected chi connectivity index (χ1v) is 9.76. The standard InChI is InChI=1S/C21H29FN2O3/c1-16-4-5-17(18(22)14-16)20(26)23-11-8-21(9-12-23)7-6-19(25)24(15-21)10-3-13-27-2/h4-5,14H,3,6-13,15H2,1-2H3. The topological polar surface area (TPSA) is 49.9 Å². The number of likely N-dealkylation sites (tertiary alicyclic amines) is 2. The lowest BCUT2D eigenvalue weighted by Gasteiger charge is -2.47. The van der Waals surface area contributed by atoms with Crippen LogP contribution in [0.1, 0.15) is 48.0 Å². The fourth-order valence-electron chi connectivity index (χ4n) is 4.26. The van der Waals surface area contributed by atoms with Gasteiger partial charge in [-0.15, -0.1) is 0 Å². The molecule has 3 rings (SSSR count). The van der Waals surface area contributed by atoms with Crippen LogP contribution in [0.5, 0.6) is 0 Å². The molecule has 27 heavy (non-hydrogen) atoms. The molecule has 0 saturated carbocycles. The number of halogens is 1. The average Bonchev–Trinajstić information content (AvgIpc) is 2.65. The molecule has 0 atom stereocenters. The third-order valence-electron chi connectivity index (χ3n) is 5.99. The van der Waals surface area contributed by atoms with E-state index in [0.29, 0.717) is 26.1 Å². The number of carbonyl (C=O) groups is 2. The summed E-state index contributed by atoms with van der Waals surface area (Å²) in [6.07, 6.45) is 4.03. The van der Waals surface area contributed by atoms with Crippen LogP contribution in [-0.2, 0) is 9.53 Å². The zero-order valence-corrected chi connectivity index (χ0v) is 16.3. The molecule has 2 fully saturated rings. The Bertz CT molecular complexity index is 699. The van der Waals surface area contributed by atoms with Gasteiger partial charge >= 0.3 is 0 Å². The van der Waals surface area contributed by atoms with Gasteiger partial charge in [-0.05, 0) is 55.7 Å². The van der Waals surface area contributed by atoms with Gasteiger partial charge in [0.2, 0.25) is 5.91 Å². The van der Waals surface area contributed by atoms with E-state index in [-0.39, 0.29) is 22.8 Å². The number of aryl methyl sites for hydroxylation is 1. The smallest absolute Gasteiger partial charge is 0.256 e. The van der Waals surface area contributed by atoms with E-state index in [1.807, 2.05) is 11.8 Å². The van der Waals surface area contributed by atoms with Crippen molar-refractivity contribution in [3.8, 4) is 0 Å². The van der Waals surface area contributed by atoms with Crippen LogP contribution >= 0.6 is 0 Å². The highest BCUT2D eigenvalue weighted by atomic mass is 19.1. The van der Waals surface area contributed by atoms with Crippen molar-refractivity contribution in [3.05, 3.63) is 35.1 Å². The number of benzene rings is 1. The lowest BCUT2D eigenvalue weighted by atomic mass is 9.72. The minimum atomic E-state index is -0.451. The van der Waals surface area contributed by atoms with Crippen LogP contribution in [0, 0.1) is 18.2 Å². The van der Waals surface area contributed by atoms with Gasteiger partial charge in [-0.1, -0.05) is 6.07 Å². The summed E-state index contributed by atoms with van der Waals surface area (Å²) in [6, 6.07) is 4.75. The second-order valence-electron chi connectivity index (χ2n) is 7.94. The van der Waals surface area contributed by atoms with Crippen molar-refractivity contribution in [3.63, 3.8) is 0 Å². The maximum atomic E-state index is 14.1. The predicted octanol–water partition coefficient (Wildman–Crippen LogP) is 3.02. The Kier molecular flexibility index (Phi) is 6.15. The molecular weight excluding hydrogens is 347 g/mol. The molecule has 2 amide bonds. The molecule has 0 radical (unpaired) electrons. The van der Waals surface area contributed by atoms with Crippen molar-refractivity contribution in [2.24, 2.45) is 5.41 Å². The van der Waals surface area contributed by atoms with Gasteiger partial charge < -0.3 is 14.5 Å². The Morgan fingerprint density at radius 2 is 2.00 bits per heavy atom. The van der Waals surface area contributed by atoms with Gasteiger partial charge in [-0.25, -0.2) is 4.39 Å². The summed E-state index contributed by atoms with van der Waals surface area (Å²) in [7, 11) is 1.67. The Morgan fingerprint density at radius 3 is 2.67 bits per heavy atom. The number of amides is 2. The van der Waals surface area contributed by atoms with Gasteiger partial charge in [0, 0.05) is 46.3 Å². The van der Waals surface area contributed by atoms with Gasteiger partial charge in [0.25, 0.3) is 5.91 Å². The van der Waals surface area contributed by atoms with E-state index < -0.39 is 5.82 Å². The number of rotatable bonds is 5. The Labute approximate surface area is 160 Å². The minimum Gasteiger partial charge on any atom is -0.385 e. The van der Waals surface area contributed by atoms with E-state index in [1.165, 1.54) is 6.07 Å². The lowest BCUT2D eigenvalue weighted by Crippen LogP contribution is -2.52. The van der Waals surface area contributed by atoms with Crippen LogP contribution in [0.4, 0.5) is 4.39 Å². The highest BCUT2D eigenvalue weighted by Gasteiger charge is 2.41. The SMILES string of the molecule is COCCCN1CC2(CCC1=O)CCN(C(=O)c1ccc(C)cc1F)CC2. The second kappa shape index (κ2) is 8.38. The highest BCUT2D eigenvalue weighted by Crippen LogP contribution is 2.40. The van der Waals surface area contributed by atoms with Crippen LogP contribution in [0.25, 0.3) is 0 Å². The molecule has 1 aromatic rings. The number of carbonyl (C=O) groups excluding carboxylic acids is 2. The third kappa shape index (κ3) is 4.49.